The molecule has 0 aliphatic rings. The summed E-state index contributed by atoms with van der Waals surface area (Å²) in [4.78, 5) is 82.4. The van der Waals surface area contributed by atoms with Crippen molar-refractivity contribution in [3.05, 3.63) is 185 Å². The van der Waals surface area contributed by atoms with Crippen LogP contribution in [0.1, 0.15) is 140 Å². The van der Waals surface area contributed by atoms with Crippen LogP contribution in [0.5, 0.6) is 0 Å². The molecule has 2 aromatic heterocycles. The Kier molecular flexibility index (Phi) is 25.0. The Balaban J connectivity index is 0.000000314. The van der Waals surface area contributed by atoms with E-state index >= 15 is 8.78 Å². The fraction of sp³-hybridized carbons (Fsp3) is 0.441. The van der Waals surface area contributed by atoms with Crippen molar-refractivity contribution in [3.63, 3.8) is 0 Å². The lowest BCUT2D eigenvalue weighted by molar-refractivity contribution is -0.144. The number of ether oxygens (including phenoxy) is 1. The van der Waals surface area contributed by atoms with Gasteiger partial charge in [0.1, 0.15) is 23.7 Å². The number of pyridine rings is 2. The second-order valence-electron chi connectivity index (χ2n) is 23.9. The van der Waals surface area contributed by atoms with Crippen molar-refractivity contribution in [3.8, 4) is 22.3 Å². The number of nitrogens with one attached hydrogen (secondary N) is 2. The summed E-state index contributed by atoms with van der Waals surface area (Å²) in [5.74, 6) is -6.34. The maximum atomic E-state index is 15.9. The Hall–Kier alpha value is -7.70. The van der Waals surface area contributed by atoms with E-state index in [-0.39, 0.29) is 48.8 Å². The number of benzene rings is 4. The van der Waals surface area contributed by atoms with E-state index in [1.54, 1.807) is 45.0 Å². The maximum absolute atomic E-state index is 15.9. The van der Waals surface area contributed by atoms with Crippen molar-refractivity contribution in [1.29, 1.82) is 0 Å². The number of carbonyl (C=O) groups is 4. The first kappa shape index (κ1) is 69.1. The lowest BCUT2D eigenvalue weighted by Gasteiger charge is -2.26. The first-order chi connectivity index (χ1) is 40.4. The van der Waals surface area contributed by atoms with Crippen LogP contribution in [-0.2, 0) is 36.8 Å². The number of esters is 1. The van der Waals surface area contributed by atoms with Crippen molar-refractivity contribution < 1.29 is 46.6 Å². The highest BCUT2D eigenvalue weighted by Gasteiger charge is 2.32. The minimum Gasteiger partial charge on any atom is -0.481 e. The third-order valence-electron chi connectivity index (χ3n) is 15.0. The highest BCUT2D eigenvalue weighted by atomic mass is 19.1. The third kappa shape index (κ3) is 18.4. The standard InChI is InChI=1S/C35H45F2N3O4.C33H41F2N3O4/c1-9-44-31(41)19-29(27-18-26(16-24(6)33(27)37)32-22(4)11-10-12-23(32)5)38-34(42)30(15-21(2)3)40-20-25(13-14-39(7)8)17-28(36)35(40)43;1-19(2)13-28(38-18-23(11-12-37(6)7)15-26(34)33(38)42)32(41)36-27(17-29(39)40)25-16-24(14-22(5)31(25)35)30-20(3)9-8-10-21(30)4/h10-12,16-18,20-21,29-30H,9,13-15,19H2,1-8H3,(H,38,42);8-10,14-16,18-19,27-28H,11-13,17H2,1-7H3,(H,36,41)(H,39,40)/t29-,30?;27-,28?/m00/s1. The molecule has 3 N–H and O–H groups in total. The summed E-state index contributed by atoms with van der Waals surface area (Å²) < 4.78 is 68.6. The Labute approximate surface area is 503 Å². The molecule has 18 heteroatoms. The molecular formula is C68H86F4N6O8. The van der Waals surface area contributed by atoms with Crippen LogP contribution in [0.2, 0.25) is 0 Å². The molecule has 0 saturated carbocycles. The van der Waals surface area contributed by atoms with E-state index in [9.17, 15) is 42.7 Å². The van der Waals surface area contributed by atoms with E-state index < -0.39 is 88.7 Å². The summed E-state index contributed by atoms with van der Waals surface area (Å²) in [6.07, 6.45) is 3.43. The van der Waals surface area contributed by atoms with Gasteiger partial charge in [-0.3, -0.25) is 28.8 Å². The van der Waals surface area contributed by atoms with Crippen LogP contribution in [-0.4, -0.2) is 95.7 Å². The van der Waals surface area contributed by atoms with Crippen molar-refractivity contribution in [2.24, 2.45) is 11.8 Å². The molecule has 2 amide bonds. The first-order valence-corrected chi connectivity index (χ1v) is 29.2. The predicted octanol–water partition coefficient (Wildman–Crippen LogP) is 12.0. The summed E-state index contributed by atoms with van der Waals surface area (Å²) in [5, 5.41) is 15.3. The van der Waals surface area contributed by atoms with Crippen LogP contribution in [0.3, 0.4) is 0 Å². The van der Waals surface area contributed by atoms with Gasteiger partial charge in [-0.1, -0.05) is 64.1 Å². The van der Waals surface area contributed by atoms with Gasteiger partial charge in [-0.25, -0.2) is 17.6 Å². The average molecular weight is 1190 g/mol. The number of aromatic nitrogens is 2. The van der Waals surface area contributed by atoms with Gasteiger partial charge in [0, 0.05) is 36.6 Å². The molecule has 2 unspecified atom stereocenters. The largest absolute Gasteiger partial charge is 0.481 e. The lowest BCUT2D eigenvalue weighted by atomic mass is 9.90. The fourth-order valence-electron chi connectivity index (χ4n) is 10.8. The van der Waals surface area contributed by atoms with E-state index in [2.05, 4.69) is 10.6 Å². The van der Waals surface area contributed by atoms with Gasteiger partial charge in [-0.2, -0.15) is 0 Å². The van der Waals surface area contributed by atoms with E-state index in [0.29, 0.717) is 53.7 Å². The number of carbonyl (C=O) groups excluding carboxylic acids is 3. The molecule has 2 heterocycles. The molecule has 0 saturated heterocycles. The maximum Gasteiger partial charge on any atom is 0.308 e. The van der Waals surface area contributed by atoms with Crippen molar-refractivity contribution in [1.82, 2.24) is 29.6 Å². The molecule has 0 bridgehead atoms. The van der Waals surface area contributed by atoms with Crippen LogP contribution in [0, 0.1) is 76.6 Å². The summed E-state index contributed by atoms with van der Waals surface area (Å²) in [6.45, 7) is 21.6. The first-order valence-electron chi connectivity index (χ1n) is 29.2. The SMILES string of the molecule is CCOC(=O)C[C@H](NC(=O)C(CC(C)C)n1cc(CCN(C)C)cc(F)c1=O)c1cc(-c2c(C)cccc2C)cc(C)c1F.Cc1cc(-c2c(C)cccc2C)cc([C@H](CC(=O)O)NC(=O)C(CC(C)C)n2cc(CCN(C)C)cc(F)c2=O)c1F. The Morgan fingerprint density at radius 1 is 0.558 bits per heavy atom. The zero-order valence-corrected chi connectivity index (χ0v) is 52.5. The van der Waals surface area contributed by atoms with E-state index in [1.165, 1.54) is 24.5 Å². The number of aliphatic carboxylic acids is 1. The molecule has 14 nitrogen and oxygen atoms in total. The molecule has 6 aromatic rings. The predicted molar refractivity (Wildman–Crippen MR) is 330 cm³/mol. The van der Waals surface area contributed by atoms with Gasteiger partial charge in [0.2, 0.25) is 11.8 Å². The van der Waals surface area contributed by atoms with Crippen LogP contribution < -0.4 is 21.8 Å². The summed E-state index contributed by atoms with van der Waals surface area (Å²) >= 11 is 0. The number of hydrogen-bond donors (Lipinski definition) is 3. The molecule has 464 valence electrons. The van der Waals surface area contributed by atoms with E-state index in [4.69, 9.17) is 4.74 Å². The third-order valence-corrected chi connectivity index (χ3v) is 15.0. The van der Waals surface area contributed by atoms with Gasteiger partial charge >= 0.3 is 11.9 Å². The van der Waals surface area contributed by atoms with Crippen molar-refractivity contribution >= 4 is 23.8 Å². The smallest absolute Gasteiger partial charge is 0.308 e. The molecule has 0 fully saturated rings. The number of carboxylic acid groups (broad SMARTS) is 1. The van der Waals surface area contributed by atoms with Gasteiger partial charge in [-0.05, 0) is 217 Å². The summed E-state index contributed by atoms with van der Waals surface area (Å²) in [6, 6.07) is 16.2. The van der Waals surface area contributed by atoms with Crippen molar-refractivity contribution in [2.75, 3.05) is 47.9 Å². The molecule has 0 radical (unpaired) electrons. The van der Waals surface area contributed by atoms with Gasteiger partial charge in [0.25, 0.3) is 11.1 Å². The minimum atomic E-state index is -1.23. The van der Waals surface area contributed by atoms with Gasteiger partial charge in [-0.15, -0.1) is 0 Å². The number of halogens is 4. The molecule has 4 aromatic carbocycles. The zero-order chi connectivity index (χ0) is 64.0. The van der Waals surface area contributed by atoms with E-state index in [1.807, 2.05) is 130 Å². The summed E-state index contributed by atoms with van der Waals surface area (Å²) in [7, 11) is 7.53. The topological polar surface area (TPSA) is 172 Å². The highest BCUT2D eigenvalue weighted by Crippen LogP contribution is 2.36. The number of aryl methyl sites for hydroxylation is 6. The monoisotopic (exact) mass is 1190 g/mol. The van der Waals surface area contributed by atoms with Crippen molar-refractivity contribution in [2.45, 2.75) is 139 Å². The molecule has 0 aliphatic heterocycles. The highest BCUT2D eigenvalue weighted by molar-refractivity contribution is 5.83. The summed E-state index contributed by atoms with van der Waals surface area (Å²) in [5.41, 5.74) is 7.32. The number of amides is 2. The second-order valence-corrected chi connectivity index (χ2v) is 23.9. The molecule has 6 rings (SSSR count). The quantitative estimate of drug-likeness (QED) is 0.0370. The molecule has 4 atom stereocenters. The van der Waals surface area contributed by atoms with Crippen LogP contribution in [0.4, 0.5) is 17.6 Å². The fourth-order valence-corrected chi connectivity index (χ4v) is 10.8. The Bertz CT molecular complexity index is 3480. The second kappa shape index (κ2) is 31.1. The Morgan fingerprint density at radius 3 is 1.24 bits per heavy atom. The molecular weight excluding hydrogens is 1100 g/mol. The van der Waals surface area contributed by atoms with Crippen LogP contribution in [0.25, 0.3) is 22.3 Å². The van der Waals surface area contributed by atoms with Crippen LogP contribution in [0.15, 0.2) is 94.8 Å². The lowest BCUT2D eigenvalue weighted by Crippen LogP contribution is -2.41. The average Bonchev–Trinajstić information content (AvgIpc) is 2.51. The van der Waals surface area contributed by atoms with Gasteiger partial charge in [0.05, 0.1) is 31.5 Å². The van der Waals surface area contributed by atoms with Gasteiger partial charge in [0.15, 0.2) is 11.6 Å². The Morgan fingerprint density at radius 2 is 0.919 bits per heavy atom. The zero-order valence-electron chi connectivity index (χ0n) is 52.5. The number of nitrogens with zero attached hydrogens (tertiary/aromatic N) is 4. The number of carboxylic acids is 1. The number of hydrogen-bond acceptors (Lipinski definition) is 9. The van der Waals surface area contributed by atoms with E-state index in [0.717, 1.165) is 48.1 Å². The number of rotatable bonds is 25. The minimum absolute atomic E-state index is 0.0324. The molecule has 0 spiro atoms. The molecule has 0 aliphatic carbocycles. The molecule has 86 heavy (non-hydrogen) atoms. The number of likely N-dealkylation sites (N-methyl/N-ethyl adjacent to an activating group) is 2. The van der Waals surface area contributed by atoms with Gasteiger partial charge < -0.3 is 39.4 Å². The van der Waals surface area contributed by atoms with Crippen LogP contribution >= 0.6 is 0 Å². The normalized spacial score (nSPS) is 12.9.